The molecule has 0 atom stereocenters. The van der Waals surface area contributed by atoms with Gasteiger partial charge >= 0.3 is 6.43 Å². The average molecular weight is 429 g/mol. The van der Waals surface area contributed by atoms with Crippen molar-refractivity contribution in [3.8, 4) is 27.9 Å². The monoisotopic (exact) mass is 429 g/mol. The highest BCUT2D eigenvalue weighted by atomic mass is 32.1. The molecule has 5 aromatic heterocycles. The molecule has 0 aliphatic heterocycles. The Bertz CT molecular complexity index is 1320. The maximum absolute atomic E-state index is 12.6. The van der Waals surface area contributed by atoms with Crippen LogP contribution in [0.2, 0.25) is 0 Å². The summed E-state index contributed by atoms with van der Waals surface area (Å²) >= 11 is 1.35. The van der Waals surface area contributed by atoms with Crippen molar-refractivity contribution in [1.82, 2.24) is 35.2 Å². The predicted octanol–water partition coefficient (Wildman–Crippen LogP) is 3.93. The van der Waals surface area contributed by atoms with E-state index in [9.17, 15) is 8.78 Å². The summed E-state index contributed by atoms with van der Waals surface area (Å²) in [5, 5.41) is 16.4. The van der Waals surface area contributed by atoms with Crippen LogP contribution < -0.4 is 4.74 Å². The Morgan fingerprint density at radius 2 is 2.13 bits per heavy atom. The molecule has 0 amide bonds. The van der Waals surface area contributed by atoms with Gasteiger partial charge in [0.2, 0.25) is 5.88 Å². The average Bonchev–Trinajstić information content (AvgIpc) is 3.52. The number of methoxy groups -OCH3 is 1. The first-order chi connectivity index (χ1) is 14.6. The molecule has 0 aromatic carbocycles. The molecular weight excluding hydrogens is 416 g/mol. The number of nitrogens with one attached hydrogen (secondary N) is 1. The van der Waals surface area contributed by atoms with Crippen molar-refractivity contribution >= 4 is 22.4 Å². The molecule has 9 nitrogen and oxygen atoms in total. The summed E-state index contributed by atoms with van der Waals surface area (Å²) in [6.45, 7) is 0.440. The Morgan fingerprint density at radius 3 is 2.93 bits per heavy atom. The number of aromatic nitrogens is 7. The molecule has 152 valence electrons. The Balaban J connectivity index is 1.38. The zero-order valence-corrected chi connectivity index (χ0v) is 16.2. The number of hydrogen-bond donors (Lipinski definition) is 1. The van der Waals surface area contributed by atoms with Gasteiger partial charge in [-0.1, -0.05) is 5.21 Å². The SMILES string of the molecule is COc1nc2[nH]ccc2cc1-c1cn(Cc2ccc(-c3nnc(C(F)F)o3)s2)nn1. The number of pyridine rings is 1. The molecule has 5 heterocycles. The van der Waals surface area contributed by atoms with Crippen LogP contribution in [-0.4, -0.2) is 42.3 Å². The molecule has 0 radical (unpaired) electrons. The summed E-state index contributed by atoms with van der Waals surface area (Å²) in [5.41, 5.74) is 2.08. The number of alkyl halides is 2. The quantitative estimate of drug-likeness (QED) is 0.436. The van der Waals surface area contributed by atoms with Crippen molar-refractivity contribution in [1.29, 1.82) is 0 Å². The summed E-state index contributed by atoms with van der Waals surface area (Å²) in [7, 11) is 1.55. The van der Waals surface area contributed by atoms with Crippen molar-refractivity contribution in [3.63, 3.8) is 0 Å². The van der Waals surface area contributed by atoms with Gasteiger partial charge in [0, 0.05) is 16.5 Å². The molecule has 0 saturated heterocycles. The number of nitrogens with zero attached hydrogens (tertiary/aromatic N) is 6. The topological polar surface area (TPSA) is 108 Å². The predicted molar refractivity (Wildman–Crippen MR) is 103 cm³/mol. The van der Waals surface area contributed by atoms with Gasteiger partial charge in [0.15, 0.2) is 0 Å². The second-order valence-corrected chi connectivity index (χ2v) is 7.44. The third-order valence-corrected chi connectivity index (χ3v) is 5.38. The standard InChI is InChI=1S/C18H13F2N7O2S/c1-28-16-11(6-9-4-5-21-15(9)22-16)12-8-27(26-23-12)7-10-2-3-13(30-10)17-24-25-18(29-17)14(19)20/h2-6,8,14H,7H2,1H3,(H,21,22). The van der Waals surface area contributed by atoms with E-state index in [-0.39, 0.29) is 5.89 Å². The van der Waals surface area contributed by atoms with Crippen molar-refractivity contribution < 1.29 is 17.9 Å². The Hall–Kier alpha value is -3.67. The number of rotatable bonds is 6. The number of H-pyrrole nitrogens is 1. The zero-order chi connectivity index (χ0) is 20.7. The number of aromatic amines is 1. The van der Waals surface area contributed by atoms with Gasteiger partial charge < -0.3 is 14.1 Å². The number of fused-ring (bicyclic) bond motifs is 1. The molecule has 5 aromatic rings. The minimum absolute atomic E-state index is 0.0662. The number of hydrogen-bond acceptors (Lipinski definition) is 8. The van der Waals surface area contributed by atoms with Crippen LogP contribution in [0.3, 0.4) is 0 Å². The molecule has 0 fully saturated rings. The first kappa shape index (κ1) is 18.4. The van der Waals surface area contributed by atoms with Gasteiger partial charge in [0.1, 0.15) is 11.3 Å². The highest BCUT2D eigenvalue weighted by molar-refractivity contribution is 7.15. The smallest absolute Gasteiger partial charge is 0.314 e. The minimum atomic E-state index is -2.80. The van der Waals surface area contributed by atoms with Crippen molar-refractivity contribution in [2.24, 2.45) is 0 Å². The number of halogens is 2. The van der Waals surface area contributed by atoms with E-state index in [0.29, 0.717) is 23.0 Å². The molecule has 0 saturated carbocycles. The molecule has 30 heavy (non-hydrogen) atoms. The van der Waals surface area contributed by atoms with Gasteiger partial charge in [-0.2, -0.15) is 13.8 Å². The lowest BCUT2D eigenvalue weighted by Crippen LogP contribution is -1.98. The van der Waals surface area contributed by atoms with Crippen LogP contribution in [0.5, 0.6) is 5.88 Å². The van der Waals surface area contributed by atoms with E-state index >= 15 is 0 Å². The molecular formula is C18H13F2N7O2S. The van der Waals surface area contributed by atoms with Crippen LogP contribution in [0, 0.1) is 0 Å². The van der Waals surface area contributed by atoms with E-state index in [4.69, 9.17) is 9.15 Å². The number of thiophene rings is 1. The third-order valence-electron chi connectivity index (χ3n) is 4.33. The third kappa shape index (κ3) is 3.30. The molecule has 0 spiro atoms. The van der Waals surface area contributed by atoms with Gasteiger partial charge in [0.25, 0.3) is 11.8 Å². The lowest BCUT2D eigenvalue weighted by molar-refractivity contribution is 0.116. The van der Waals surface area contributed by atoms with Crippen molar-refractivity contribution in [2.75, 3.05) is 7.11 Å². The maximum Gasteiger partial charge on any atom is 0.314 e. The summed E-state index contributed by atoms with van der Waals surface area (Å²) in [6.07, 6.45) is 0.801. The summed E-state index contributed by atoms with van der Waals surface area (Å²) in [4.78, 5) is 9.02. The Labute approximate surface area is 171 Å². The fourth-order valence-electron chi connectivity index (χ4n) is 2.96. The van der Waals surface area contributed by atoms with E-state index in [1.54, 1.807) is 30.3 Å². The normalized spacial score (nSPS) is 11.6. The van der Waals surface area contributed by atoms with E-state index < -0.39 is 12.3 Å². The highest BCUT2D eigenvalue weighted by Gasteiger charge is 2.18. The Kier molecular flexibility index (Phi) is 4.47. The van der Waals surface area contributed by atoms with Crippen LogP contribution >= 0.6 is 11.3 Å². The van der Waals surface area contributed by atoms with Gasteiger partial charge in [-0.15, -0.1) is 26.6 Å². The lowest BCUT2D eigenvalue weighted by atomic mass is 10.2. The number of ether oxygens (including phenoxy) is 1. The summed E-state index contributed by atoms with van der Waals surface area (Å²) < 4.78 is 37.3. The van der Waals surface area contributed by atoms with Gasteiger partial charge in [-0.3, -0.25) is 0 Å². The molecule has 0 bridgehead atoms. The van der Waals surface area contributed by atoms with Crippen LogP contribution in [0.25, 0.3) is 33.1 Å². The van der Waals surface area contributed by atoms with Crippen molar-refractivity contribution in [3.05, 3.63) is 47.4 Å². The minimum Gasteiger partial charge on any atom is -0.480 e. The highest BCUT2D eigenvalue weighted by Crippen LogP contribution is 2.31. The fourth-order valence-corrected chi connectivity index (χ4v) is 3.88. The first-order valence-electron chi connectivity index (χ1n) is 8.74. The van der Waals surface area contributed by atoms with Crippen LogP contribution in [-0.2, 0) is 6.54 Å². The second kappa shape index (κ2) is 7.30. The first-order valence-corrected chi connectivity index (χ1v) is 9.55. The fraction of sp³-hybridized carbons (Fsp3) is 0.167. The molecule has 0 aliphatic carbocycles. The maximum atomic E-state index is 12.6. The lowest BCUT2D eigenvalue weighted by Gasteiger charge is -2.04. The van der Waals surface area contributed by atoms with Crippen LogP contribution in [0.15, 0.2) is 41.1 Å². The van der Waals surface area contributed by atoms with Crippen molar-refractivity contribution in [2.45, 2.75) is 13.0 Å². The molecule has 5 rings (SSSR count). The molecule has 0 aliphatic rings. The zero-order valence-electron chi connectivity index (χ0n) is 15.4. The van der Waals surface area contributed by atoms with Gasteiger partial charge in [-0.25, -0.2) is 4.68 Å². The van der Waals surface area contributed by atoms with Crippen LogP contribution in [0.1, 0.15) is 17.2 Å². The second-order valence-electron chi connectivity index (χ2n) is 6.27. The summed E-state index contributed by atoms with van der Waals surface area (Å²) in [6, 6.07) is 7.44. The van der Waals surface area contributed by atoms with E-state index in [1.807, 2.05) is 18.2 Å². The molecule has 12 heteroatoms. The largest absolute Gasteiger partial charge is 0.480 e. The van der Waals surface area contributed by atoms with E-state index in [0.717, 1.165) is 21.5 Å². The molecule has 0 unspecified atom stereocenters. The van der Waals surface area contributed by atoms with Gasteiger partial charge in [0.05, 0.1) is 30.3 Å². The van der Waals surface area contributed by atoms with E-state index in [1.165, 1.54) is 11.3 Å². The summed E-state index contributed by atoms with van der Waals surface area (Å²) in [5.74, 6) is -0.180. The Morgan fingerprint density at radius 1 is 1.23 bits per heavy atom. The van der Waals surface area contributed by atoms with Gasteiger partial charge in [-0.05, 0) is 24.3 Å². The van der Waals surface area contributed by atoms with Crippen LogP contribution in [0.4, 0.5) is 8.78 Å². The van der Waals surface area contributed by atoms with E-state index in [2.05, 4.69) is 30.5 Å². The molecule has 1 N–H and O–H groups in total.